The van der Waals surface area contributed by atoms with Gasteiger partial charge < -0.3 is 4.90 Å². The molecule has 0 aliphatic carbocycles. The number of benzene rings is 1. The Labute approximate surface area is 84.3 Å². The van der Waals surface area contributed by atoms with Crippen LogP contribution in [0.5, 0.6) is 0 Å². The van der Waals surface area contributed by atoms with Crippen LogP contribution in [0.3, 0.4) is 0 Å². The van der Waals surface area contributed by atoms with E-state index in [4.69, 9.17) is 0 Å². The number of Topliss-reactive ketones (excluding diaryl/α,β-unsaturated/α-hetero) is 1. The van der Waals surface area contributed by atoms with Crippen molar-refractivity contribution in [3.8, 4) is 0 Å². The third-order valence-electron chi connectivity index (χ3n) is 2.34. The molecule has 2 rings (SSSR count). The zero-order valence-corrected chi connectivity index (χ0v) is 7.77. The van der Waals surface area contributed by atoms with Gasteiger partial charge in [-0.3, -0.25) is 4.79 Å². The smallest absolute Gasteiger partial charge is 0.182 e. The first-order valence-electron chi connectivity index (χ1n) is 4.49. The van der Waals surface area contributed by atoms with E-state index >= 15 is 0 Å². The third kappa shape index (κ3) is 1.82. The summed E-state index contributed by atoms with van der Waals surface area (Å²) in [5, 5.41) is 0. The Morgan fingerprint density at radius 3 is 2.53 bits per heavy atom. The largest absolute Gasteiger partial charge is 0.361 e. The van der Waals surface area contributed by atoms with E-state index in [1.165, 1.54) is 4.90 Å². The lowest BCUT2D eigenvalue weighted by Crippen LogP contribution is -2.21. The van der Waals surface area contributed by atoms with Crippen LogP contribution in [0.2, 0.25) is 0 Å². The predicted octanol–water partition coefficient (Wildman–Crippen LogP) is 1.88. The van der Waals surface area contributed by atoms with Crippen LogP contribution in [0.1, 0.15) is 6.42 Å². The summed E-state index contributed by atoms with van der Waals surface area (Å²) >= 11 is 0. The van der Waals surface area contributed by atoms with Gasteiger partial charge in [-0.1, -0.05) is 0 Å². The van der Waals surface area contributed by atoms with E-state index in [2.05, 4.69) is 0 Å². The number of ketones is 1. The molecule has 2 nitrogen and oxygen atoms in total. The molecule has 0 atom stereocenters. The maximum atomic E-state index is 13.3. The summed E-state index contributed by atoms with van der Waals surface area (Å²) in [5.74, 6) is -3.24. The fourth-order valence-electron chi connectivity index (χ4n) is 1.61. The third-order valence-corrected chi connectivity index (χ3v) is 2.34. The quantitative estimate of drug-likeness (QED) is 0.666. The van der Waals surface area contributed by atoms with Crippen LogP contribution in [0, 0.1) is 17.5 Å². The van der Waals surface area contributed by atoms with Gasteiger partial charge in [0.1, 0.15) is 5.82 Å². The van der Waals surface area contributed by atoms with Gasteiger partial charge in [0.2, 0.25) is 0 Å². The lowest BCUT2D eigenvalue weighted by Gasteiger charge is -2.17. The zero-order chi connectivity index (χ0) is 11.0. The van der Waals surface area contributed by atoms with Gasteiger partial charge in [0.15, 0.2) is 17.4 Å². The molecule has 1 aromatic rings. The van der Waals surface area contributed by atoms with Crippen molar-refractivity contribution in [1.82, 2.24) is 0 Å². The summed E-state index contributed by atoms with van der Waals surface area (Å²) < 4.78 is 39.0. The SMILES string of the molecule is O=C1CCN(c2cc(F)cc(F)c2F)C1. The van der Waals surface area contributed by atoms with Gasteiger partial charge in [0.25, 0.3) is 0 Å². The van der Waals surface area contributed by atoms with Gasteiger partial charge in [-0.05, 0) is 0 Å². The van der Waals surface area contributed by atoms with Crippen molar-refractivity contribution in [3.63, 3.8) is 0 Å². The fraction of sp³-hybridized carbons (Fsp3) is 0.300. The minimum absolute atomic E-state index is 0.0137. The summed E-state index contributed by atoms with van der Waals surface area (Å²) in [6.07, 6.45) is 0.289. The van der Waals surface area contributed by atoms with Crippen LogP contribution in [0.25, 0.3) is 0 Å². The van der Waals surface area contributed by atoms with Gasteiger partial charge in [-0.2, -0.15) is 0 Å². The van der Waals surface area contributed by atoms with Crippen LogP contribution in [-0.2, 0) is 4.79 Å². The van der Waals surface area contributed by atoms with Gasteiger partial charge >= 0.3 is 0 Å². The molecule has 15 heavy (non-hydrogen) atoms. The molecule has 0 spiro atoms. The Bertz CT molecular complexity index is 419. The van der Waals surface area contributed by atoms with Crippen molar-refractivity contribution in [3.05, 3.63) is 29.6 Å². The molecule has 1 aromatic carbocycles. The molecule has 1 fully saturated rings. The van der Waals surface area contributed by atoms with Gasteiger partial charge in [0.05, 0.1) is 12.2 Å². The van der Waals surface area contributed by atoms with Gasteiger partial charge in [-0.15, -0.1) is 0 Å². The molecule has 1 heterocycles. The highest BCUT2D eigenvalue weighted by atomic mass is 19.2. The normalized spacial score (nSPS) is 16.2. The Hall–Kier alpha value is -1.52. The molecule has 80 valence electrons. The summed E-state index contributed by atoms with van der Waals surface area (Å²) in [6, 6.07) is 1.38. The summed E-state index contributed by atoms with van der Waals surface area (Å²) in [7, 11) is 0. The Kier molecular flexibility index (Phi) is 2.38. The van der Waals surface area contributed by atoms with Crippen molar-refractivity contribution >= 4 is 11.5 Å². The minimum atomic E-state index is -1.23. The topological polar surface area (TPSA) is 20.3 Å². The first-order chi connectivity index (χ1) is 7.08. The molecule has 0 radical (unpaired) electrons. The average molecular weight is 215 g/mol. The second kappa shape index (κ2) is 3.56. The Morgan fingerprint density at radius 2 is 1.93 bits per heavy atom. The highest BCUT2D eigenvalue weighted by molar-refractivity contribution is 5.87. The molecule has 0 amide bonds. The molecular formula is C10H8F3NO. The molecule has 1 saturated heterocycles. The number of carbonyl (C=O) groups is 1. The average Bonchev–Trinajstić information content (AvgIpc) is 2.58. The first kappa shape index (κ1) is 10.0. The Balaban J connectivity index is 2.39. The maximum Gasteiger partial charge on any atom is 0.182 e. The number of hydrogen-bond donors (Lipinski definition) is 0. The second-order valence-electron chi connectivity index (χ2n) is 3.43. The molecule has 1 aliphatic rings. The number of anilines is 1. The molecule has 1 aliphatic heterocycles. The van der Waals surface area contributed by atoms with Crippen molar-refractivity contribution in [2.45, 2.75) is 6.42 Å². The molecule has 5 heteroatoms. The highest BCUT2D eigenvalue weighted by Crippen LogP contribution is 2.25. The van der Waals surface area contributed by atoms with Crippen LogP contribution >= 0.6 is 0 Å². The van der Waals surface area contributed by atoms with Crippen molar-refractivity contribution in [2.75, 3.05) is 18.0 Å². The van der Waals surface area contributed by atoms with Crippen molar-refractivity contribution in [2.24, 2.45) is 0 Å². The number of nitrogens with zero attached hydrogens (tertiary/aromatic N) is 1. The standard InChI is InChI=1S/C10H8F3NO/c11-6-3-8(12)10(13)9(4-6)14-2-1-7(15)5-14/h3-4H,1-2,5H2. The highest BCUT2D eigenvalue weighted by Gasteiger charge is 2.24. The number of hydrogen-bond acceptors (Lipinski definition) is 2. The lowest BCUT2D eigenvalue weighted by atomic mass is 10.2. The van der Waals surface area contributed by atoms with Crippen LogP contribution in [-0.4, -0.2) is 18.9 Å². The number of halogens is 3. The monoisotopic (exact) mass is 215 g/mol. The number of carbonyl (C=O) groups excluding carboxylic acids is 1. The van der Waals surface area contributed by atoms with Crippen LogP contribution in [0.4, 0.5) is 18.9 Å². The zero-order valence-electron chi connectivity index (χ0n) is 7.77. The van der Waals surface area contributed by atoms with Crippen molar-refractivity contribution < 1.29 is 18.0 Å². The maximum absolute atomic E-state index is 13.3. The van der Waals surface area contributed by atoms with E-state index < -0.39 is 17.5 Å². The summed E-state index contributed by atoms with van der Waals surface area (Å²) in [4.78, 5) is 12.3. The van der Waals surface area contributed by atoms with E-state index in [1.807, 2.05) is 0 Å². The molecule has 0 N–H and O–H groups in total. The van der Waals surface area contributed by atoms with E-state index in [-0.39, 0.29) is 24.4 Å². The number of rotatable bonds is 1. The van der Waals surface area contributed by atoms with Gasteiger partial charge in [-0.25, -0.2) is 13.2 Å². The minimum Gasteiger partial charge on any atom is -0.361 e. The first-order valence-corrected chi connectivity index (χ1v) is 4.49. The van der Waals surface area contributed by atoms with E-state index in [0.717, 1.165) is 6.07 Å². The van der Waals surface area contributed by atoms with Gasteiger partial charge in [0, 0.05) is 25.1 Å². The summed E-state index contributed by atoms with van der Waals surface area (Å²) in [6.45, 7) is 0.318. The molecule has 0 saturated carbocycles. The molecule has 0 unspecified atom stereocenters. The second-order valence-corrected chi connectivity index (χ2v) is 3.43. The Morgan fingerprint density at radius 1 is 1.20 bits per heavy atom. The van der Waals surface area contributed by atoms with Crippen LogP contribution in [0.15, 0.2) is 12.1 Å². The molecular weight excluding hydrogens is 207 g/mol. The fourth-order valence-corrected chi connectivity index (χ4v) is 1.61. The molecule has 0 bridgehead atoms. The van der Waals surface area contributed by atoms with Crippen molar-refractivity contribution in [1.29, 1.82) is 0 Å². The van der Waals surface area contributed by atoms with E-state index in [0.29, 0.717) is 12.6 Å². The van der Waals surface area contributed by atoms with E-state index in [1.54, 1.807) is 0 Å². The predicted molar refractivity (Wildman–Crippen MR) is 48.2 cm³/mol. The lowest BCUT2D eigenvalue weighted by molar-refractivity contribution is -0.116. The summed E-state index contributed by atoms with van der Waals surface area (Å²) in [5.41, 5.74) is -0.182. The molecule has 0 aromatic heterocycles. The van der Waals surface area contributed by atoms with E-state index in [9.17, 15) is 18.0 Å². The van der Waals surface area contributed by atoms with Crippen LogP contribution < -0.4 is 4.90 Å².